The molecule has 2 aromatic rings. The highest BCUT2D eigenvalue weighted by Crippen LogP contribution is 2.37. The SMILES string of the molecule is CCC1=C(C)/C(=C/c2[nH]c(CC3=N/C(=C\c4[nH]c(C)c(C)c4CC)C(CCC(=O)OC)=C3CCC(=O)OC)c(C)c2C)N=C1Br. The van der Waals surface area contributed by atoms with E-state index in [0.717, 1.165) is 79.6 Å². The number of carbonyl (C=O) groups excluding carboxylic acids is 2. The lowest BCUT2D eigenvalue weighted by Crippen LogP contribution is -2.10. The lowest BCUT2D eigenvalue weighted by Gasteiger charge is -2.11. The number of aliphatic imine (C=N–C) groups is 2. The lowest BCUT2D eigenvalue weighted by atomic mass is 9.93. The van der Waals surface area contributed by atoms with Crippen LogP contribution in [0.4, 0.5) is 0 Å². The van der Waals surface area contributed by atoms with Gasteiger partial charge in [0.1, 0.15) is 4.62 Å². The van der Waals surface area contributed by atoms with Crippen LogP contribution in [-0.4, -0.2) is 46.5 Å². The van der Waals surface area contributed by atoms with Crippen LogP contribution in [0.2, 0.25) is 0 Å². The Hall–Kier alpha value is -3.72. The van der Waals surface area contributed by atoms with Crippen LogP contribution in [0.1, 0.15) is 97.9 Å². The van der Waals surface area contributed by atoms with Crippen LogP contribution in [0, 0.1) is 27.7 Å². The van der Waals surface area contributed by atoms with Crippen molar-refractivity contribution in [3.63, 3.8) is 0 Å². The van der Waals surface area contributed by atoms with Crippen LogP contribution < -0.4 is 0 Å². The second-order valence-electron chi connectivity index (χ2n) is 11.7. The third-order valence-corrected chi connectivity index (χ3v) is 9.83. The average molecular weight is 678 g/mol. The van der Waals surface area contributed by atoms with Gasteiger partial charge in [0, 0.05) is 42.0 Å². The molecule has 2 aliphatic rings. The summed E-state index contributed by atoms with van der Waals surface area (Å²) in [5, 5.41) is 0. The van der Waals surface area contributed by atoms with E-state index in [4.69, 9.17) is 19.5 Å². The molecule has 4 rings (SSSR count). The summed E-state index contributed by atoms with van der Waals surface area (Å²) in [5.41, 5.74) is 16.0. The molecule has 2 aromatic heterocycles. The van der Waals surface area contributed by atoms with E-state index < -0.39 is 0 Å². The van der Waals surface area contributed by atoms with Crippen molar-refractivity contribution >= 4 is 50.4 Å². The summed E-state index contributed by atoms with van der Waals surface area (Å²) < 4.78 is 10.9. The van der Waals surface area contributed by atoms with Gasteiger partial charge in [-0.15, -0.1) is 0 Å². The number of aromatic nitrogens is 2. The second-order valence-corrected chi connectivity index (χ2v) is 12.4. The van der Waals surface area contributed by atoms with E-state index in [-0.39, 0.29) is 24.8 Å². The molecule has 0 atom stereocenters. The number of nitrogens with one attached hydrogen (secondary N) is 2. The van der Waals surface area contributed by atoms with Crippen molar-refractivity contribution in [2.45, 2.75) is 93.4 Å². The van der Waals surface area contributed by atoms with Crippen LogP contribution in [0.15, 0.2) is 43.7 Å². The smallest absolute Gasteiger partial charge is 0.305 e. The molecule has 9 heteroatoms. The fraction of sp³-hybridized carbons (Fsp3) is 0.444. The Labute approximate surface area is 275 Å². The molecule has 2 N–H and O–H groups in total. The molecule has 0 saturated carbocycles. The van der Waals surface area contributed by atoms with E-state index >= 15 is 0 Å². The van der Waals surface area contributed by atoms with E-state index in [2.05, 4.69) is 86.5 Å². The molecule has 0 unspecified atom stereocenters. The lowest BCUT2D eigenvalue weighted by molar-refractivity contribution is -0.141. The summed E-state index contributed by atoms with van der Waals surface area (Å²) in [4.78, 5) is 41.7. The number of rotatable bonds is 12. The molecule has 0 amide bonds. The number of nitrogens with zero attached hydrogens (tertiary/aromatic N) is 2. The van der Waals surface area contributed by atoms with Gasteiger partial charge >= 0.3 is 11.9 Å². The Morgan fingerprint density at radius 3 is 1.96 bits per heavy atom. The van der Waals surface area contributed by atoms with E-state index in [1.807, 2.05) is 0 Å². The van der Waals surface area contributed by atoms with Crippen molar-refractivity contribution in [2.75, 3.05) is 14.2 Å². The highest BCUT2D eigenvalue weighted by Gasteiger charge is 2.27. The number of hydrogen-bond donors (Lipinski definition) is 2. The Morgan fingerprint density at radius 2 is 1.38 bits per heavy atom. The summed E-state index contributed by atoms with van der Waals surface area (Å²) in [7, 11) is 2.81. The Morgan fingerprint density at radius 1 is 0.756 bits per heavy atom. The number of aryl methyl sites for hydroxylation is 1. The first kappa shape index (κ1) is 34.2. The van der Waals surface area contributed by atoms with Gasteiger partial charge in [0.2, 0.25) is 0 Å². The van der Waals surface area contributed by atoms with Gasteiger partial charge in [-0.2, -0.15) is 0 Å². The molecule has 4 heterocycles. The van der Waals surface area contributed by atoms with Gasteiger partial charge in [-0.05, 0) is 133 Å². The van der Waals surface area contributed by atoms with Gasteiger partial charge in [0.15, 0.2) is 0 Å². The first-order chi connectivity index (χ1) is 21.4. The average Bonchev–Trinajstić information content (AvgIpc) is 3.67. The predicted octanol–water partition coefficient (Wildman–Crippen LogP) is 8.25. The number of hydrogen-bond acceptors (Lipinski definition) is 6. The zero-order valence-electron chi connectivity index (χ0n) is 28.0. The minimum atomic E-state index is -0.284. The molecule has 0 bridgehead atoms. The third-order valence-electron chi connectivity index (χ3n) is 9.18. The fourth-order valence-corrected chi connectivity index (χ4v) is 6.91. The highest BCUT2D eigenvalue weighted by atomic mass is 79.9. The topological polar surface area (TPSA) is 109 Å². The fourth-order valence-electron chi connectivity index (χ4n) is 6.14. The van der Waals surface area contributed by atoms with Gasteiger partial charge in [-0.25, -0.2) is 4.99 Å². The Kier molecular flexibility index (Phi) is 11.1. The van der Waals surface area contributed by atoms with Crippen LogP contribution in [0.25, 0.3) is 12.2 Å². The van der Waals surface area contributed by atoms with Gasteiger partial charge in [-0.3, -0.25) is 14.6 Å². The van der Waals surface area contributed by atoms with Crippen molar-refractivity contribution in [3.05, 3.63) is 78.7 Å². The van der Waals surface area contributed by atoms with Crippen molar-refractivity contribution in [2.24, 2.45) is 9.98 Å². The normalized spacial score (nSPS) is 16.8. The number of methoxy groups -OCH3 is 2. The van der Waals surface area contributed by atoms with Gasteiger partial charge in [-0.1, -0.05) is 13.8 Å². The number of aromatic amines is 2. The maximum atomic E-state index is 12.3. The Bertz CT molecular complexity index is 1710. The van der Waals surface area contributed by atoms with Gasteiger partial charge in [0.25, 0.3) is 0 Å². The monoisotopic (exact) mass is 676 g/mol. The second kappa shape index (κ2) is 14.6. The molecule has 0 fully saturated rings. The zero-order chi connectivity index (χ0) is 33.0. The van der Waals surface area contributed by atoms with E-state index in [1.54, 1.807) is 0 Å². The van der Waals surface area contributed by atoms with Crippen molar-refractivity contribution in [1.82, 2.24) is 9.97 Å². The highest BCUT2D eigenvalue weighted by molar-refractivity contribution is 9.18. The van der Waals surface area contributed by atoms with E-state index in [1.165, 1.54) is 36.5 Å². The predicted molar refractivity (Wildman–Crippen MR) is 186 cm³/mol. The van der Waals surface area contributed by atoms with Crippen molar-refractivity contribution in [3.8, 4) is 0 Å². The minimum absolute atomic E-state index is 0.220. The molecule has 240 valence electrons. The van der Waals surface area contributed by atoms with Gasteiger partial charge < -0.3 is 19.4 Å². The summed E-state index contributed by atoms with van der Waals surface area (Å²) in [5.74, 6) is -0.567. The standard InChI is InChI=1S/C36H45BrN4O4/c1-10-24-21(5)23(7)38-31(24)18-33-27(13-15-35(43)45-9)26(12-14-34(42)44-8)32(40-33)17-29-20(4)19(3)28(39-29)16-30-22(6)25(11-2)36(37)41-30/h16,18,38-39H,10-15,17H2,1-9H3/b30-16-,33-18-. The minimum Gasteiger partial charge on any atom is -0.469 e. The number of carbonyl (C=O) groups is 2. The molecule has 0 aliphatic carbocycles. The maximum Gasteiger partial charge on any atom is 0.305 e. The number of ether oxygens (including phenoxy) is 2. The first-order valence-corrected chi connectivity index (χ1v) is 16.4. The molecule has 45 heavy (non-hydrogen) atoms. The number of H-pyrrole nitrogens is 2. The summed E-state index contributed by atoms with van der Waals surface area (Å²) >= 11 is 3.62. The number of allylic oxidation sites excluding steroid dienone is 4. The van der Waals surface area contributed by atoms with Crippen LogP contribution in [0.3, 0.4) is 0 Å². The number of esters is 2. The van der Waals surface area contributed by atoms with Crippen LogP contribution in [0.5, 0.6) is 0 Å². The molecular weight excluding hydrogens is 632 g/mol. The molecule has 0 saturated heterocycles. The van der Waals surface area contributed by atoms with Crippen molar-refractivity contribution < 1.29 is 19.1 Å². The van der Waals surface area contributed by atoms with Gasteiger partial charge in [0.05, 0.1) is 31.3 Å². The van der Waals surface area contributed by atoms with E-state index in [0.29, 0.717) is 19.3 Å². The molecule has 0 aromatic carbocycles. The van der Waals surface area contributed by atoms with Crippen LogP contribution >= 0.6 is 15.9 Å². The molecule has 0 radical (unpaired) electrons. The number of halogens is 1. The van der Waals surface area contributed by atoms with Crippen molar-refractivity contribution in [1.29, 1.82) is 0 Å². The van der Waals surface area contributed by atoms with Crippen LogP contribution in [-0.2, 0) is 31.9 Å². The largest absolute Gasteiger partial charge is 0.469 e. The summed E-state index contributed by atoms with van der Waals surface area (Å²) in [6.45, 7) is 14.8. The quantitative estimate of drug-likeness (QED) is 0.221. The molecular formula is C36H45BrN4O4. The molecule has 8 nitrogen and oxygen atoms in total. The molecule has 0 spiro atoms. The summed E-state index contributed by atoms with van der Waals surface area (Å²) in [6, 6.07) is 0. The summed E-state index contributed by atoms with van der Waals surface area (Å²) in [6.07, 6.45) is 7.92. The maximum absolute atomic E-state index is 12.3. The third kappa shape index (κ3) is 7.24. The van der Waals surface area contributed by atoms with E-state index in [9.17, 15) is 9.59 Å². The first-order valence-electron chi connectivity index (χ1n) is 15.6. The Balaban J connectivity index is 1.81. The molecule has 2 aliphatic heterocycles. The zero-order valence-corrected chi connectivity index (χ0v) is 29.6.